The van der Waals surface area contributed by atoms with Crippen LogP contribution in [0.25, 0.3) is 0 Å². The molecule has 0 spiro atoms. The summed E-state index contributed by atoms with van der Waals surface area (Å²) >= 11 is 0. The van der Waals surface area contributed by atoms with Gasteiger partial charge in [0.25, 0.3) is 0 Å². The fourth-order valence-electron chi connectivity index (χ4n) is 1.81. The van der Waals surface area contributed by atoms with Gasteiger partial charge < -0.3 is 10.1 Å². The van der Waals surface area contributed by atoms with E-state index in [1.807, 2.05) is 6.92 Å². The van der Waals surface area contributed by atoms with E-state index in [4.69, 9.17) is 4.74 Å². The van der Waals surface area contributed by atoms with E-state index in [-0.39, 0.29) is 5.97 Å². The zero-order valence-corrected chi connectivity index (χ0v) is 11.8. The number of hydrogen-bond donors (Lipinski definition) is 1. The van der Waals surface area contributed by atoms with Gasteiger partial charge in [-0.2, -0.15) is 0 Å². The number of esters is 1. The molecule has 0 aromatic rings. The lowest BCUT2D eigenvalue weighted by atomic mass is 10.1. The number of unbranched alkanes of at least 4 members (excludes halogenated alkanes) is 4. The molecule has 0 aliphatic rings. The second-order valence-corrected chi connectivity index (χ2v) is 4.61. The minimum Gasteiger partial charge on any atom is -0.466 e. The molecule has 0 aromatic carbocycles. The molecule has 0 saturated heterocycles. The monoisotopic (exact) mass is 243 g/mol. The number of carbonyl (C=O) groups is 1. The van der Waals surface area contributed by atoms with Crippen LogP contribution in [-0.2, 0) is 9.53 Å². The Morgan fingerprint density at radius 3 is 2.53 bits per heavy atom. The molecule has 0 heterocycles. The first-order valence-corrected chi connectivity index (χ1v) is 7.09. The van der Waals surface area contributed by atoms with Crippen molar-refractivity contribution in [1.82, 2.24) is 5.32 Å². The third-order valence-corrected chi connectivity index (χ3v) is 2.87. The molecule has 3 heteroatoms. The number of ether oxygens (including phenoxy) is 1. The summed E-state index contributed by atoms with van der Waals surface area (Å²) in [5, 5.41) is 3.36. The largest absolute Gasteiger partial charge is 0.466 e. The van der Waals surface area contributed by atoms with Crippen LogP contribution in [-0.4, -0.2) is 25.2 Å². The highest BCUT2D eigenvalue weighted by Gasteiger charge is 2.04. The number of rotatable bonds is 11. The van der Waals surface area contributed by atoms with Crippen LogP contribution in [0.5, 0.6) is 0 Å². The summed E-state index contributed by atoms with van der Waals surface area (Å²) < 4.78 is 4.87. The first kappa shape index (κ1) is 16.4. The van der Waals surface area contributed by atoms with E-state index in [1.54, 1.807) is 0 Å². The first-order valence-electron chi connectivity index (χ1n) is 7.09. The summed E-state index contributed by atoms with van der Waals surface area (Å²) in [6.07, 6.45) is 8.30. The fraction of sp³-hybridized carbons (Fsp3) is 0.929. The Labute approximate surface area is 106 Å². The molecule has 0 aliphatic heterocycles. The molecule has 102 valence electrons. The maximum Gasteiger partial charge on any atom is 0.307 e. The molecule has 0 bridgehead atoms. The normalized spacial score (nSPS) is 12.4. The van der Waals surface area contributed by atoms with Crippen LogP contribution in [0.2, 0.25) is 0 Å². The van der Waals surface area contributed by atoms with Gasteiger partial charge in [-0.1, -0.05) is 39.0 Å². The summed E-state index contributed by atoms with van der Waals surface area (Å²) in [6, 6.07) is 0.506. The molecule has 1 unspecified atom stereocenters. The van der Waals surface area contributed by atoms with Crippen molar-refractivity contribution in [2.75, 3.05) is 13.2 Å². The Kier molecular flexibility index (Phi) is 11.5. The van der Waals surface area contributed by atoms with E-state index in [0.29, 0.717) is 19.1 Å². The predicted octanol–water partition coefficient (Wildman–Crippen LogP) is 3.28. The maximum atomic E-state index is 11.1. The molecule has 0 saturated carbocycles. The van der Waals surface area contributed by atoms with Crippen LogP contribution in [0.15, 0.2) is 0 Å². The van der Waals surface area contributed by atoms with Crippen LogP contribution in [0.1, 0.15) is 65.7 Å². The average Bonchev–Trinajstić information content (AvgIpc) is 2.29. The molecule has 1 atom stereocenters. The fourth-order valence-corrected chi connectivity index (χ4v) is 1.81. The third-order valence-electron chi connectivity index (χ3n) is 2.87. The van der Waals surface area contributed by atoms with E-state index >= 15 is 0 Å². The van der Waals surface area contributed by atoms with Crippen LogP contribution in [0, 0.1) is 0 Å². The van der Waals surface area contributed by atoms with Gasteiger partial charge in [-0.25, -0.2) is 0 Å². The lowest BCUT2D eigenvalue weighted by molar-refractivity contribution is -0.142. The average molecular weight is 243 g/mol. The lowest BCUT2D eigenvalue weighted by Gasteiger charge is -2.13. The quantitative estimate of drug-likeness (QED) is 0.447. The molecular weight excluding hydrogens is 214 g/mol. The number of carbonyl (C=O) groups excluding carboxylic acids is 1. The molecule has 3 nitrogen and oxygen atoms in total. The Balaban J connectivity index is 3.28. The highest BCUT2D eigenvalue weighted by Crippen LogP contribution is 2.06. The molecule has 17 heavy (non-hydrogen) atoms. The zero-order chi connectivity index (χ0) is 12.9. The van der Waals surface area contributed by atoms with Crippen LogP contribution >= 0.6 is 0 Å². The molecule has 0 aromatic heterocycles. The van der Waals surface area contributed by atoms with E-state index in [0.717, 1.165) is 6.54 Å². The van der Waals surface area contributed by atoms with E-state index in [2.05, 4.69) is 19.2 Å². The molecular formula is C14H29NO2. The Morgan fingerprint density at radius 2 is 1.88 bits per heavy atom. The van der Waals surface area contributed by atoms with E-state index < -0.39 is 0 Å². The Bertz CT molecular complexity index is 183. The summed E-state index contributed by atoms with van der Waals surface area (Å²) in [5.74, 6) is -0.102. The van der Waals surface area contributed by atoms with Crippen LogP contribution < -0.4 is 5.32 Å². The second kappa shape index (κ2) is 11.9. The Hall–Kier alpha value is -0.570. The first-order chi connectivity index (χ1) is 8.20. The van der Waals surface area contributed by atoms with Crippen LogP contribution in [0.3, 0.4) is 0 Å². The van der Waals surface area contributed by atoms with Crippen molar-refractivity contribution >= 4 is 5.97 Å². The third kappa shape index (κ3) is 11.7. The van der Waals surface area contributed by atoms with Crippen molar-refractivity contribution in [2.24, 2.45) is 0 Å². The van der Waals surface area contributed by atoms with Gasteiger partial charge in [0.05, 0.1) is 13.0 Å². The minimum absolute atomic E-state index is 0.102. The topological polar surface area (TPSA) is 38.3 Å². The molecule has 0 radical (unpaired) electrons. The van der Waals surface area contributed by atoms with Crippen molar-refractivity contribution in [3.05, 3.63) is 0 Å². The summed E-state index contributed by atoms with van der Waals surface area (Å²) in [4.78, 5) is 11.1. The maximum absolute atomic E-state index is 11.1. The molecule has 0 rings (SSSR count). The van der Waals surface area contributed by atoms with Crippen LogP contribution in [0.4, 0.5) is 0 Å². The van der Waals surface area contributed by atoms with E-state index in [9.17, 15) is 4.79 Å². The van der Waals surface area contributed by atoms with Crippen molar-refractivity contribution in [2.45, 2.75) is 71.8 Å². The van der Waals surface area contributed by atoms with Crippen molar-refractivity contribution in [3.63, 3.8) is 0 Å². The van der Waals surface area contributed by atoms with Gasteiger partial charge in [-0.3, -0.25) is 4.79 Å². The molecule has 0 fully saturated rings. The van der Waals surface area contributed by atoms with Gasteiger partial charge in [-0.15, -0.1) is 0 Å². The van der Waals surface area contributed by atoms with Gasteiger partial charge >= 0.3 is 5.97 Å². The van der Waals surface area contributed by atoms with Crippen molar-refractivity contribution < 1.29 is 9.53 Å². The van der Waals surface area contributed by atoms with Gasteiger partial charge in [0.1, 0.15) is 0 Å². The highest BCUT2D eigenvalue weighted by molar-refractivity contribution is 5.69. The molecule has 0 amide bonds. The second-order valence-electron chi connectivity index (χ2n) is 4.61. The lowest BCUT2D eigenvalue weighted by Crippen LogP contribution is -2.28. The molecule has 0 aliphatic carbocycles. The minimum atomic E-state index is -0.102. The van der Waals surface area contributed by atoms with Crippen molar-refractivity contribution in [1.29, 1.82) is 0 Å². The van der Waals surface area contributed by atoms with E-state index in [1.165, 1.54) is 38.5 Å². The Morgan fingerprint density at radius 1 is 1.18 bits per heavy atom. The number of hydrogen-bond acceptors (Lipinski definition) is 3. The highest BCUT2D eigenvalue weighted by atomic mass is 16.5. The standard InChI is InChI=1S/C14H29NO2/c1-4-6-7-8-9-10-13(3)15-12-11-14(16)17-5-2/h13,15H,4-12H2,1-3H3. The summed E-state index contributed by atoms with van der Waals surface area (Å²) in [7, 11) is 0. The predicted molar refractivity (Wildman–Crippen MR) is 72.1 cm³/mol. The van der Waals surface area contributed by atoms with Gasteiger partial charge in [0.2, 0.25) is 0 Å². The van der Waals surface area contributed by atoms with Gasteiger partial charge in [-0.05, 0) is 20.3 Å². The zero-order valence-electron chi connectivity index (χ0n) is 11.8. The van der Waals surface area contributed by atoms with Gasteiger partial charge in [0.15, 0.2) is 0 Å². The van der Waals surface area contributed by atoms with Crippen molar-refractivity contribution in [3.8, 4) is 0 Å². The van der Waals surface area contributed by atoms with Gasteiger partial charge in [0, 0.05) is 12.6 Å². The summed E-state index contributed by atoms with van der Waals surface area (Å²) in [5.41, 5.74) is 0. The summed E-state index contributed by atoms with van der Waals surface area (Å²) in [6.45, 7) is 7.47. The SMILES string of the molecule is CCCCCCCC(C)NCCC(=O)OCC. The number of nitrogens with one attached hydrogen (secondary N) is 1. The smallest absolute Gasteiger partial charge is 0.307 e. The molecule has 1 N–H and O–H groups in total.